The molecule has 98 valence electrons. The molecular formula is C12H14F2N2OS. The molecule has 0 aliphatic carbocycles. The molecule has 2 N–H and O–H groups in total. The Kier molecular flexibility index (Phi) is 4.34. The Balaban J connectivity index is 2.68. The van der Waals surface area contributed by atoms with Crippen LogP contribution in [0.4, 0.5) is 14.5 Å². The molecule has 0 bridgehead atoms. The average Bonchev–Trinajstić information content (AvgIpc) is 2.20. The molecule has 0 aliphatic rings. The van der Waals surface area contributed by atoms with Crippen LogP contribution in [0.5, 0.6) is 0 Å². The molecule has 0 fully saturated rings. The van der Waals surface area contributed by atoms with Gasteiger partial charge in [0, 0.05) is 11.5 Å². The minimum absolute atomic E-state index is 0.00982. The van der Waals surface area contributed by atoms with Gasteiger partial charge in [-0.3, -0.25) is 4.79 Å². The van der Waals surface area contributed by atoms with E-state index in [1.165, 1.54) is 6.07 Å². The van der Waals surface area contributed by atoms with E-state index in [1.807, 2.05) is 0 Å². The SMILES string of the molecule is CC(C)(C)C(=O)NC(=S)Nc1ccc(F)cc1F. The summed E-state index contributed by atoms with van der Waals surface area (Å²) in [6.07, 6.45) is 0. The van der Waals surface area contributed by atoms with Crippen molar-refractivity contribution in [1.82, 2.24) is 5.32 Å². The zero-order chi connectivity index (χ0) is 13.9. The van der Waals surface area contributed by atoms with Gasteiger partial charge < -0.3 is 10.6 Å². The highest BCUT2D eigenvalue weighted by molar-refractivity contribution is 7.80. The highest BCUT2D eigenvalue weighted by Gasteiger charge is 2.22. The van der Waals surface area contributed by atoms with Crippen LogP contribution in [0.2, 0.25) is 0 Å². The average molecular weight is 272 g/mol. The standard InChI is InChI=1S/C12H14F2N2OS/c1-12(2,3)10(17)16-11(18)15-9-5-4-7(13)6-8(9)14/h4-6H,1-3H3,(H2,15,16,17,18). The number of hydrogen-bond acceptors (Lipinski definition) is 2. The number of hydrogen-bond donors (Lipinski definition) is 2. The van der Waals surface area contributed by atoms with E-state index in [0.717, 1.165) is 12.1 Å². The zero-order valence-corrected chi connectivity index (χ0v) is 11.1. The quantitative estimate of drug-likeness (QED) is 0.772. The summed E-state index contributed by atoms with van der Waals surface area (Å²) in [6.45, 7) is 5.18. The first-order valence-corrected chi connectivity index (χ1v) is 5.68. The Morgan fingerprint density at radius 1 is 1.28 bits per heavy atom. The fourth-order valence-electron chi connectivity index (χ4n) is 1.04. The third-order valence-corrected chi connectivity index (χ3v) is 2.29. The van der Waals surface area contributed by atoms with Crippen LogP contribution in [0.15, 0.2) is 18.2 Å². The van der Waals surface area contributed by atoms with E-state index < -0.39 is 17.0 Å². The number of amides is 1. The van der Waals surface area contributed by atoms with Crippen molar-refractivity contribution in [1.29, 1.82) is 0 Å². The predicted molar refractivity (Wildman–Crippen MR) is 70.2 cm³/mol. The Labute approximate surface area is 110 Å². The molecule has 0 heterocycles. The first-order valence-electron chi connectivity index (χ1n) is 5.27. The summed E-state index contributed by atoms with van der Waals surface area (Å²) in [5.41, 5.74) is -0.594. The van der Waals surface area contributed by atoms with E-state index in [1.54, 1.807) is 20.8 Å². The molecule has 3 nitrogen and oxygen atoms in total. The highest BCUT2D eigenvalue weighted by atomic mass is 32.1. The Morgan fingerprint density at radius 3 is 2.39 bits per heavy atom. The van der Waals surface area contributed by atoms with Crippen molar-refractivity contribution in [3.05, 3.63) is 29.8 Å². The van der Waals surface area contributed by atoms with E-state index in [0.29, 0.717) is 0 Å². The Hall–Kier alpha value is -1.56. The maximum atomic E-state index is 13.3. The minimum Gasteiger partial charge on any atom is -0.330 e. The first-order chi connectivity index (χ1) is 8.20. The van der Waals surface area contributed by atoms with Gasteiger partial charge in [-0.25, -0.2) is 8.78 Å². The Bertz CT molecular complexity index is 483. The molecule has 1 amide bonds. The summed E-state index contributed by atoms with van der Waals surface area (Å²) < 4.78 is 26.0. The molecule has 0 atom stereocenters. The fraction of sp³-hybridized carbons (Fsp3) is 0.333. The van der Waals surface area contributed by atoms with Crippen molar-refractivity contribution < 1.29 is 13.6 Å². The minimum atomic E-state index is -0.776. The number of thiocarbonyl (C=S) groups is 1. The number of halogens is 2. The largest absolute Gasteiger partial charge is 0.330 e. The lowest BCUT2D eigenvalue weighted by Crippen LogP contribution is -2.41. The van der Waals surface area contributed by atoms with Gasteiger partial charge in [0.05, 0.1) is 5.69 Å². The van der Waals surface area contributed by atoms with Crippen LogP contribution in [0.25, 0.3) is 0 Å². The van der Waals surface area contributed by atoms with Crippen molar-refractivity contribution in [3.8, 4) is 0 Å². The summed E-state index contributed by atoms with van der Waals surface area (Å²) in [5.74, 6) is -1.74. The van der Waals surface area contributed by atoms with E-state index in [9.17, 15) is 13.6 Å². The van der Waals surface area contributed by atoms with Crippen LogP contribution in [0.3, 0.4) is 0 Å². The van der Waals surface area contributed by atoms with E-state index >= 15 is 0 Å². The lowest BCUT2D eigenvalue weighted by molar-refractivity contribution is -0.126. The lowest BCUT2D eigenvalue weighted by atomic mass is 9.96. The van der Waals surface area contributed by atoms with Crippen molar-refractivity contribution in [2.45, 2.75) is 20.8 Å². The van der Waals surface area contributed by atoms with Crippen LogP contribution in [0.1, 0.15) is 20.8 Å². The molecule has 0 unspecified atom stereocenters. The van der Waals surface area contributed by atoms with Gasteiger partial charge >= 0.3 is 0 Å². The third-order valence-electron chi connectivity index (χ3n) is 2.09. The summed E-state index contributed by atoms with van der Waals surface area (Å²) in [7, 11) is 0. The van der Waals surface area contributed by atoms with Gasteiger partial charge in [-0.2, -0.15) is 0 Å². The van der Waals surface area contributed by atoms with Crippen molar-refractivity contribution in [2.24, 2.45) is 5.41 Å². The lowest BCUT2D eigenvalue weighted by Gasteiger charge is -2.18. The van der Waals surface area contributed by atoms with Crippen LogP contribution < -0.4 is 10.6 Å². The highest BCUT2D eigenvalue weighted by Crippen LogP contribution is 2.15. The predicted octanol–water partition coefficient (Wildman–Crippen LogP) is 2.82. The first kappa shape index (κ1) is 14.5. The molecule has 1 aromatic rings. The van der Waals surface area contributed by atoms with Gasteiger partial charge in [0.15, 0.2) is 5.11 Å². The van der Waals surface area contributed by atoms with Gasteiger partial charge in [0.1, 0.15) is 11.6 Å². The number of carbonyl (C=O) groups is 1. The third kappa shape index (κ3) is 4.03. The zero-order valence-electron chi connectivity index (χ0n) is 10.3. The number of anilines is 1. The van der Waals surface area contributed by atoms with Gasteiger partial charge in [-0.15, -0.1) is 0 Å². The molecule has 0 radical (unpaired) electrons. The summed E-state index contributed by atoms with van der Waals surface area (Å²) in [5, 5.41) is 4.90. The molecule has 6 heteroatoms. The van der Waals surface area contributed by atoms with Crippen molar-refractivity contribution in [3.63, 3.8) is 0 Å². The van der Waals surface area contributed by atoms with E-state index in [-0.39, 0.29) is 16.7 Å². The van der Waals surface area contributed by atoms with Crippen LogP contribution in [0, 0.1) is 17.0 Å². The molecule has 0 spiro atoms. The molecule has 0 aliphatic heterocycles. The summed E-state index contributed by atoms with van der Waals surface area (Å²) in [6, 6.07) is 3.04. The molecule has 0 saturated heterocycles. The molecular weight excluding hydrogens is 258 g/mol. The fourth-order valence-corrected chi connectivity index (χ4v) is 1.24. The number of nitrogens with one attached hydrogen (secondary N) is 2. The number of rotatable bonds is 1. The van der Waals surface area contributed by atoms with E-state index in [4.69, 9.17) is 12.2 Å². The second kappa shape index (κ2) is 5.39. The Morgan fingerprint density at radius 2 is 1.89 bits per heavy atom. The number of benzene rings is 1. The molecule has 0 aromatic heterocycles. The molecule has 1 aromatic carbocycles. The summed E-state index contributed by atoms with van der Waals surface area (Å²) in [4.78, 5) is 11.6. The maximum absolute atomic E-state index is 13.3. The van der Waals surface area contributed by atoms with Crippen LogP contribution in [-0.4, -0.2) is 11.0 Å². The summed E-state index contributed by atoms with van der Waals surface area (Å²) >= 11 is 4.87. The van der Waals surface area contributed by atoms with Crippen molar-refractivity contribution >= 4 is 28.9 Å². The van der Waals surface area contributed by atoms with Crippen molar-refractivity contribution in [2.75, 3.05) is 5.32 Å². The topological polar surface area (TPSA) is 41.1 Å². The number of carbonyl (C=O) groups excluding carboxylic acids is 1. The monoisotopic (exact) mass is 272 g/mol. The normalized spacial score (nSPS) is 10.9. The smallest absolute Gasteiger partial charge is 0.231 e. The maximum Gasteiger partial charge on any atom is 0.231 e. The van der Waals surface area contributed by atoms with Crippen LogP contribution in [-0.2, 0) is 4.79 Å². The van der Waals surface area contributed by atoms with Gasteiger partial charge in [-0.05, 0) is 24.4 Å². The molecule has 0 saturated carbocycles. The van der Waals surface area contributed by atoms with Crippen LogP contribution >= 0.6 is 12.2 Å². The second-order valence-corrected chi connectivity index (χ2v) is 5.19. The van der Waals surface area contributed by atoms with Gasteiger partial charge in [0.25, 0.3) is 0 Å². The van der Waals surface area contributed by atoms with Gasteiger partial charge in [-0.1, -0.05) is 20.8 Å². The van der Waals surface area contributed by atoms with Gasteiger partial charge in [0.2, 0.25) is 5.91 Å². The van der Waals surface area contributed by atoms with E-state index in [2.05, 4.69) is 10.6 Å². The molecule has 1 rings (SSSR count). The second-order valence-electron chi connectivity index (χ2n) is 4.78. The molecule has 18 heavy (non-hydrogen) atoms.